The monoisotopic (exact) mass is 272 g/mol. The molecule has 0 radical (unpaired) electrons. The van der Waals surface area contributed by atoms with Crippen molar-refractivity contribution < 1.29 is 4.39 Å². The molecular formula is C14H22ClFN2. The highest BCUT2D eigenvalue weighted by molar-refractivity contribution is 6.31. The third kappa shape index (κ3) is 4.73. The maximum Gasteiger partial charge on any atom is 0.166 e. The number of nitrogen functional groups attached to an aromatic ring is 1. The van der Waals surface area contributed by atoms with E-state index in [1.165, 1.54) is 31.7 Å². The molecule has 4 heteroatoms. The highest BCUT2D eigenvalue weighted by Gasteiger charge is 2.09. The van der Waals surface area contributed by atoms with Gasteiger partial charge in [-0.1, -0.05) is 50.6 Å². The lowest BCUT2D eigenvalue weighted by atomic mass is 10.1. The van der Waals surface area contributed by atoms with E-state index in [0.29, 0.717) is 11.4 Å². The Morgan fingerprint density at radius 2 is 1.83 bits per heavy atom. The minimum atomic E-state index is -0.456. The van der Waals surface area contributed by atoms with Gasteiger partial charge in [-0.05, 0) is 18.6 Å². The normalized spacial score (nSPS) is 10.6. The maximum absolute atomic E-state index is 13.7. The molecule has 0 amide bonds. The summed E-state index contributed by atoms with van der Waals surface area (Å²) in [6.07, 6.45) is 7.25. The minimum absolute atomic E-state index is 0.106. The van der Waals surface area contributed by atoms with Crippen molar-refractivity contribution >= 4 is 23.0 Å². The zero-order valence-corrected chi connectivity index (χ0v) is 11.7. The second-order valence-corrected chi connectivity index (χ2v) is 4.93. The molecule has 0 aliphatic heterocycles. The number of nitrogens with one attached hydrogen (secondary N) is 1. The molecular weight excluding hydrogens is 251 g/mol. The molecule has 2 nitrogen and oxygen atoms in total. The average Bonchev–Trinajstić information content (AvgIpc) is 2.36. The van der Waals surface area contributed by atoms with E-state index in [-0.39, 0.29) is 5.02 Å². The van der Waals surface area contributed by atoms with E-state index < -0.39 is 5.82 Å². The van der Waals surface area contributed by atoms with Crippen molar-refractivity contribution in [1.29, 1.82) is 0 Å². The molecule has 0 atom stereocenters. The van der Waals surface area contributed by atoms with Gasteiger partial charge < -0.3 is 11.1 Å². The zero-order valence-electron chi connectivity index (χ0n) is 10.9. The number of nitrogens with two attached hydrogens (primary N) is 1. The molecule has 3 N–H and O–H groups in total. The molecule has 102 valence electrons. The molecule has 0 unspecified atom stereocenters. The van der Waals surface area contributed by atoms with Crippen LogP contribution in [0.25, 0.3) is 0 Å². The number of benzene rings is 1. The van der Waals surface area contributed by atoms with E-state index in [4.69, 9.17) is 17.3 Å². The second kappa shape index (κ2) is 8.20. The van der Waals surface area contributed by atoms with E-state index >= 15 is 0 Å². The van der Waals surface area contributed by atoms with Crippen LogP contribution in [0.2, 0.25) is 5.02 Å². The van der Waals surface area contributed by atoms with Crippen molar-refractivity contribution in [2.45, 2.75) is 45.4 Å². The fourth-order valence-corrected chi connectivity index (χ4v) is 2.02. The Balaban J connectivity index is 2.29. The molecule has 0 aliphatic rings. The molecule has 1 rings (SSSR count). The molecule has 0 fully saturated rings. The smallest absolute Gasteiger partial charge is 0.166 e. The van der Waals surface area contributed by atoms with Gasteiger partial charge in [0.25, 0.3) is 0 Å². The van der Waals surface area contributed by atoms with E-state index in [2.05, 4.69) is 12.2 Å². The van der Waals surface area contributed by atoms with Gasteiger partial charge in [0.1, 0.15) is 0 Å². The van der Waals surface area contributed by atoms with Crippen LogP contribution in [-0.4, -0.2) is 6.54 Å². The van der Waals surface area contributed by atoms with Gasteiger partial charge in [0.05, 0.1) is 16.4 Å². The summed E-state index contributed by atoms with van der Waals surface area (Å²) >= 11 is 5.71. The van der Waals surface area contributed by atoms with Crippen molar-refractivity contribution in [3.63, 3.8) is 0 Å². The van der Waals surface area contributed by atoms with Crippen molar-refractivity contribution in [3.05, 3.63) is 23.0 Å². The highest BCUT2D eigenvalue weighted by atomic mass is 35.5. The van der Waals surface area contributed by atoms with Gasteiger partial charge >= 0.3 is 0 Å². The lowest BCUT2D eigenvalue weighted by Crippen LogP contribution is -2.06. The van der Waals surface area contributed by atoms with Gasteiger partial charge in [0.2, 0.25) is 0 Å². The van der Waals surface area contributed by atoms with Gasteiger partial charge in [-0.2, -0.15) is 0 Å². The molecule has 0 aliphatic carbocycles. The van der Waals surface area contributed by atoms with Gasteiger partial charge in [0, 0.05) is 6.54 Å². The molecule has 1 aromatic rings. The average molecular weight is 273 g/mol. The summed E-state index contributed by atoms with van der Waals surface area (Å²) in [6, 6.07) is 3.09. The van der Waals surface area contributed by atoms with Crippen molar-refractivity contribution in [2.24, 2.45) is 0 Å². The number of halogens is 2. The number of hydrogen-bond acceptors (Lipinski definition) is 2. The van der Waals surface area contributed by atoms with Crippen molar-refractivity contribution in [3.8, 4) is 0 Å². The molecule has 0 aromatic heterocycles. The molecule has 0 spiro atoms. The standard InChI is InChI=1S/C14H22ClFN2/c1-2-3-4-5-6-7-10-18-14-12(17)9-8-11(15)13(14)16/h8-9,18H,2-7,10,17H2,1H3. The molecule has 18 heavy (non-hydrogen) atoms. The number of unbranched alkanes of at least 4 members (excludes halogenated alkanes) is 5. The Labute approximate surface area is 114 Å². The molecule has 0 bridgehead atoms. The van der Waals surface area contributed by atoms with Crippen LogP contribution in [0.5, 0.6) is 0 Å². The lowest BCUT2D eigenvalue weighted by molar-refractivity contribution is 0.612. The van der Waals surface area contributed by atoms with Crippen molar-refractivity contribution in [2.75, 3.05) is 17.6 Å². The van der Waals surface area contributed by atoms with Crippen LogP contribution in [0.1, 0.15) is 45.4 Å². The lowest BCUT2D eigenvalue weighted by Gasteiger charge is -2.11. The van der Waals surface area contributed by atoms with Crippen LogP contribution in [0.4, 0.5) is 15.8 Å². The number of rotatable bonds is 8. The Kier molecular flexibility index (Phi) is 6.88. The Hall–Kier alpha value is -0.960. The molecule has 0 heterocycles. The van der Waals surface area contributed by atoms with Crippen LogP contribution in [0.3, 0.4) is 0 Å². The summed E-state index contributed by atoms with van der Waals surface area (Å²) in [7, 11) is 0. The summed E-state index contributed by atoms with van der Waals surface area (Å²) in [5.74, 6) is -0.456. The predicted octanol–water partition coefficient (Wildman–Crippen LogP) is 4.83. The van der Waals surface area contributed by atoms with Gasteiger partial charge in [0.15, 0.2) is 5.82 Å². The summed E-state index contributed by atoms with van der Waals surface area (Å²) in [6.45, 7) is 2.93. The summed E-state index contributed by atoms with van der Waals surface area (Å²) in [5, 5.41) is 3.13. The van der Waals surface area contributed by atoms with Gasteiger partial charge in [-0.25, -0.2) is 4.39 Å². The van der Waals surface area contributed by atoms with Crippen LogP contribution < -0.4 is 11.1 Å². The van der Waals surface area contributed by atoms with E-state index in [1.807, 2.05) is 0 Å². The zero-order chi connectivity index (χ0) is 13.4. The predicted molar refractivity (Wildman–Crippen MR) is 77.7 cm³/mol. The van der Waals surface area contributed by atoms with E-state index in [0.717, 1.165) is 19.4 Å². The van der Waals surface area contributed by atoms with Crippen LogP contribution in [0, 0.1) is 5.82 Å². The summed E-state index contributed by atoms with van der Waals surface area (Å²) in [5.41, 5.74) is 6.44. The van der Waals surface area contributed by atoms with Crippen LogP contribution in [-0.2, 0) is 0 Å². The largest absolute Gasteiger partial charge is 0.397 e. The minimum Gasteiger partial charge on any atom is -0.397 e. The van der Waals surface area contributed by atoms with Crippen LogP contribution >= 0.6 is 11.6 Å². The maximum atomic E-state index is 13.7. The first-order valence-electron chi connectivity index (χ1n) is 6.64. The quantitative estimate of drug-likeness (QED) is 0.525. The first-order chi connectivity index (χ1) is 8.66. The SMILES string of the molecule is CCCCCCCCNc1c(N)ccc(Cl)c1F. The molecule has 0 saturated carbocycles. The first kappa shape index (κ1) is 15.1. The van der Waals surface area contributed by atoms with Crippen LogP contribution in [0.15, 0.2) is 12.1 Å². The third-order valence-electron chi connectivity index (χ3n) is 2.96. The van der Waals surface area contributed by atoms with Gasteiger partial charge in [-0.3, -0.25) is 0 Å². The fourth-order valence-electron chi connectivity index (χ4n) is 1.86. The van der Waals surface area contributed by atoms with E-state index in [1.54, 1.807) is 6.07 Å². The summed E-state index contributed by atoms with van der Waals surface area (Å²) < 4.78 is 13.7. The van der Waals surface area contributed by atoms with E-state index in [9.17, 15) is 4.39 Å². The topological polar surface area (TPSA) is 38.0 Å². The molecule has 1 aromatic carbocycles. The number of hydrogen-bond donors (Lipinski definition) is 2. The Morgan fingerprint density at radius 3 is 2.56 bits per heavy atom. The summed E-state index contributed by atoms with van der Waals surface area (Å²) in [4.78, 5) is 0. The third-order valence-corrected chi connectivity index (χ3v) is 3.25. The fraction of sp³-hybridized carbons (Fsp3) is 0.571. The molecule has 0 saturated heterocycles. The van der Waals surface area contributed by atoms with Gasteiger partial charge in [-0.15, -0.1) is 0 Å². The Bertz CT molecular complexity index is 369. The highest BCUT2D eigenvalue weighted by Crippen LogP contribution is 2.28. The number of anilines is 2. The van der Waals surface area contributed by atoms with Crippen molar-refractivity contribution in [1.82, 2.24) is 0 Å². The Morgan fingerprint density at radius 1 is 1.17 bits per heavy atom. The second-order valence-electron chi connectivity index (χ2n) is 4.52. The first-order valence-corrected chi connectivity index (χ1v) is 7.02.